The molecular formula is C11H17ClN6O2. The van der Waals surface area contributed by atoms with Gasteiger partial charge in [0, 0.05) is 19.1 Å². The number of ether oxygens (including phenoxy) is 1. The maximum absolute atomic E-state index is 10.9. The molecule has 0 aromatic carbocycles. The van der Waals surface area contributed by atoms with Crippen molar-refractivity contribution < 1.29 is 9.53 Å². The van der Waals surface area contributed by atoms with Crippen LogP contribution in [0.3, 0.4) is 0 Å². The molecule has 2 rings (SSSR count). The zero-order valence-corrected chi connectivity index (χ0v) is 11.9. The van der Waals surface area contributed by atoms with Gasteiger partial charge in [-0.2, -0.15) is 15.0 Å². The Morgan fingerprint density at radius 3 is 2.75 bits per heavy atom. The average Bonchev–Trinajstić information content (AvgIpc) is 2.39. The molecule has 2 heterocycles. The average molecular weight is 301 g/mol. The highest BCUT2D eigenvalue weighted by Gasteiger charge is 2.21. The van der Waals surface area contributed by atoms with Crippen LogP contribution in [0.15, 0.2) is 0 Å². The van der Waals surface area contributed by atoms with Crippen molar-refractivity contribution >= 4 is 23.5 Å². The summed E-state index contributed by atoms with van der Waals surface area (Å²) in [5, 5.41) is 3.29. The molecule has 8 nitrogen and oxygen atoms in total. The van der Waals surface area contributed by atoms with Gasteiger partial charge in [0.2, 0.25) is 17.1 Å². The molecule has 0 atom stereocenters. The Bertz CT molecular complexity index is 478. The van der Waals surface area contributed by atoms with Gasteiger partial charge in [-0.05, 0) is 24.4 Å². The highest BCUT2D eigenvalue weighted by molar-refractivity contribution is 6.28. The number of hydrogen-bond donors (Lipinski definition) is 2. The van der Waals surface area contributed by atoms with Crippen molar-refractivity contribution in [3.8, 4) is 6.01 Å². The summed E-state index contributed by atoms with van der Waals surface area (Å²) in [5.74, 6) is 0.0978. The van der Waals surface area contributed by atoms with Gasteiger partial charge in [-0.3, -0.25) is 9.69 Å². The van der Waals surface area contributed by atoms with E-state index in [1.807, 2.05) is 4.90 Å². The Hall–Kier alpha value is -1.67. The lowest BCUT2D eigenvalue weighted by molar-refractivity contribution is -0.119. The molecule has 1 saturated heterocycles. The molecule has 1 aliphatic rings. The van der Waals surface area contributed by atoms with Crippen LogP contribution in [0.25, 0.3) is 0 Å². The molecule has 1 aromatic heterocycles. The van der Waals surface area contributed by atoms with Gasteiger partial charge in [0.05, 0.1) is 13.7 Å². The van der Waals surface area contributed by atoms with Crippen LogP contribution < -0.4 is 15.8 Å². The molecule has 0 spiro atoms. The summed E-state index contributed by atoms with van der Waals surface area (Å²) in [6.45, 7) is 1.91. The third kappa shape index (κ3) is 4.17. The number of methoxy groups -OCH3 is 1. The quantitative estimate of drug-likeness (QED) is 0.781. The number of aromatic nitrogens is 3. The van der Waals surface area contributed by atoms with Gasteiger partial charge >= 0.3 is 6.01 Å². The first-order valence-corrected chi connectivity index (χ1v) is 6.67. The van der Waals surface area contributed by atoms with Crippen molar-refractivity contribution in [3.05, 3.63) is 5.28 Å². The van der Waals surface area contributed by atoms with Crippen molar-refractivity contribution in [2.24, 2.45) is 5.73 Å². The van der Waals surface area contributed by atoms with E-state index in [9.17, 15) is 4.79 Å². The molecule has 1 fully saturated rings. The fourth-order valence-corrected chi connectivity index (χ4v) is 2.28. The summed E-state index contributed by atoms with van der Waals surface area (Å²) in [6, 6.07) is 0.404. The molecule has 20 heavy (non-hydrogen) atoms. The van der Waals surface area contributed by atoms with E-state index in [2.05, 4.69) is 20.3 Å². The minimum absolute atomic E-state index is 0.0884. The van der Waals surface area contributed by atoms with Crippen LogP contribution >= 0.6 is 11.6 Å². The van der Waals surface area contributed by atoms with E-state index < -0.39 is 0 Å². The van der Waals surface area contributed by atoms with E-state index in [1.54, 1.807) is 0 Å². The number of carbonyl (C=O) groups excluding carboxylic acids is 1. The first kappa shape index (κ1) is 14.7. The SMILES string of the molecule is COc1nc(Cl)nc(NC2CCN(CC(N)=O)CC2)n1. The summed E-state index contributed by atoms with van der Waals surface area (Å²) < 4.78 is 4.94. The highest BCUT2D eigenvalue weighted by Crippen LogP contribution is 2.16. The van der Waals surface area contributed by atoms with Crippen LogP contribution in [0.5, 0.6) is 6.01 Å². The Balaban J connectivity index is 1.89. The first-order chi connectivity index (χ1) is 9.56. The predicted molar refractivity (Wildman–Crippen MR) is 73.7 cm³/mol. The van der Waals surface area contributed by atoms with Gasteiger partial charge in [0.1, 0.15) is 0 Å². The third-order valence-electron chi connectivity index (χ3n) is 3.07. The molecule has 1 aliphatic heterocycles. The lowest BCUT2D eigenvalue weighted by Gasteiger charge is -2.31. The van der Waals surface area contributed by atoms with Gasteiger partial charge in [-0.15, -0.1) is 0 Å². The van der Waals surface area contributed by atoms with E-state index in [1.165, 1.54) is 7.11 Å². The fourth-order valence-electron chi connectivity index (χ4n) is 2.13. The van der Waals surface area contributed by atoms with Crippen molar-refractivity contribution in [1.82, 2.24) is 19.9 Å². The Morgan fingerprint density at radius 2 is 2.15 bits per heavy atom. The van der Waals surface area contributed by atoms with E-state index in [0.29, 0.717) is 12.5 Å². The Kier molecular flexibility index (Phi) is 4.91. The Morgan fingerprint density at radius 1 is 1.45 bits per heavy atom. The van der Waals surface area contributed by atoms with Crippen LogP contribution in [0, 0.1) is 0 Å². The first-order valence-electron chi connectivity index (χ1n) is 6.29. The summed E-state index contributed by atoms with van der Waals surface area (Å²) in [5.41, 5.74) is 5.18. The molecule has 110 valence electrons. The van der Waals surface area contributed by atoms with Crippen LogP contribution in [0.1, 0.15) is 12.8 Å². The largest absolute Gasteiger partial charge is 0.467 e. The molecule has 1 amide bonds. The number of anilines is 1. The molecule has 0 saturated carbocycles. The summed E-state index contributed by atoms with van der Waals surface area (Å²) in [7, 11) is 1.47. The molecule has 9 heteroatoms. The summed E-state index contributed by atoms with van der Waals surface area (Å²) in [6.07, 6.45) is 1.75. The molecule has 0 aliphatic carbocycles. The molecule has 3 N–H and O–H groups in total. The topological polar surface area (TPSA) is 106 Å². The number of nitrogens with zero attached hydrogens (tertiary/aromatic N) is 4. The van der Waals surface area contributed by atoms with Gasteiger partial charge in [-0.25, -0.2) is 0 Å². The molecule has 0 radical (unpaired) electrons. The highest BCUT2D eigenvalue weighted by atomic mass is 35.5. The zero-order chi connectivity index (χ0) is 14.5. The van der Waals surface area contributed by atoms with Crippen molar-refractivity contribution in [2.45, 2.75) is 18.9 Å². The van der Waals surface area contributed by atoms with Gasteiger partial charge in [0.25, 0.3) is 0 Å². The molecule has 1 aromatic rings. The zero-order valence-electron chi connectivity index (χ0n) is 11.2. The number of nitrogens with one attached hydrogen (secondary N) is 1. The number of primary amides is 1. The maximum atomic E-state index is 10.9. The van der Waals surface area contributed by atoms with E-state index in [4.69, 9.17) is 22.1 Å². The smallest absolute Gasteiger partial charge is 0.322 e. The molecule has 0 bridgehead atoms. The number of piperidine rings is 1. The van der Waals surface area contributed by atoms with E-state index in [0.717, 1.165) is 25.9 Å². The number of halogens is 1. The lowest BCUT2D eigenvalue weighted by Crippen LogP contribution is -2.43. The Labute approximate surface area is 121 Å². The monoisotopic (exact) mass is 300 g/mol. The number of nitrogens with two attached hydrogens (primary N) is 1. The molecular weight excluding hydrogens is 284 g/mol. The number of carbonyl (C=O) groups is 1. The second kappa shape index (κ2) is 6.67. The fraction of sp³-hybridized carbons (Fsp3) is 0.636. The van der Waals surface area contributed by atoms with Gasteiger partial charge in [-0.1, -0.05) is 0 Å². The number of rotatable bonds is 5. The van der Waals surface area contributed by atoms with E-state index in [-0.39, 0.29) is 23.2 Å². The second-order valence-electron chi connectivity index (χ2n) is 4.58. The van der Waals surface area contributed by atoms with Crippen molar-refractivity contribution in [1.29, 1.82) is 0 Å². The number of amides is 1. The number of likely N-dealkylation sites (tertiary alicyclic amines) is 1. The summed E-state index contributed by atoms with van der Waals surface area (Å²) in [4.78, 5) is 24.8. The van der Waals surface area contributed by atoms with Crippen LogP contribution in [0.4, 0.5) is 5.95 Å². The van der Waals surface area contributed by atoms with Gasteiger partial charge in [0.15, 0.2) is 0 Å². The normalized spacial score (nSPS) is 16.9. The van der Waals surface area contributed by atoms with Crippen LogP contribution in [0.2, 0.25) is 5.28 Å². The maximum Gasteiger partial charge on any atom is 0.322 e. The van der Waals surface area contributed by atoms with Crippen molar-refractivity contribution in [2.75, 3.05) is 32.1 Å². The molecule has 0 unspecified atom stereocenters. The van der Waals surface area contributed by atoms with E-state index >= 15 is 0 Å². The summed E-state index contributed by atoms with van der Waals surface area (Å²) >= 11 is 5.79. The predicted octanol–water partition coefficient (Wildman–Crippen LogP) is -0.105. The minimum Gasteiger partial charge on any atom is -0.467 e. The standard InChI is InChI=1S/C11H17ClN6O2/c1-20-11-16-9(12)15-10(17-11)14-7-2-4-18(5-3-7)6-8(13)19/h7H,2-6H2,1H3,(H2,13,19)(H,14,15,16,17). The minimum atomic E-state index is -0.301. The van der Waals surface area contributed by atoms with Crippen LogP contribution in [-0.4, -0.2) is 58.5 Å². The second-order valence-corrected chi connectivity index (χ2v) is 4.91. The third-order valence-corrected chi connectivity index (χ3v) is 3.24. The number of hydrogen-bond acceptors (Lipinski definition) is 7. The van der Waals surface area contributed by atoms with Crippen molar-refractivity contribution in [3.63, 3.8) is 0 Å². The van der Waals surface area contributed by atoms with Crippen LogP contribution in [-0.2, 0) is 4.79 Å². The van der Waals surface area contributed by atoms with Gasteiger partial charge < -0.3 is 15.8 Å². The lowest BCUT2D eigenvalue weighted by atomic mass is 10.1.